The Balaban J connectivity index is 2.60. The van der Waals surface area contributed by atoms with Gasteiger partial charge in [0.25, 0.3) is 0 Å². The maximum atomic E-state index is 11.0. The minimum Gasteiger partial charge on any atom is -0.478 e. The van der Waals surface area contributed by atoms with E-state index < -0.39 is 5.97 Å². The van der Waals surface area contributed by atoms with Crippen LogP contribution < -0.4 is 0 Å². The second kappa shape index (κ2) is 4.40. The highest BCUT2D eigenvalue weighted by atomic mass is 79.9. The lowest BCUT2D eigenvalue weighted by molar-refractivity contribution is 0.0697. The van der Waals surface area contributed by atoms with E-state index in [-0.39, 0.29) is 5.56 Å². The quantitative estimate of drug-likeness (QED) is 0.917. The first-order chi connectivity index (χ1) is 7.68. The van der Waals surface area contributed by atoms with Gasteiger partial charge < -0.3 is 5.11 Å². The molecule has 0 saturated carbocycles. The van der Waals surface area contributed by atoms with Crippen molar-refractivity contribution in [2.45, 2.75) is 0 Å². The van der Waals surface area contributed by atoms with Crippen LogP contribution in [0.15, 0.2) is 41.3 Å². The third-order valence-electron chi connectivity index (χ3n) is 2.04. The second-order valence-corrected chi connectivity index (χ2v) is 4.02. The van der Waals surface area contributed by atoms with Crippen molar-refractivity contribution < 1.29 is 9.90 Å². The zero-order valence-electron chi connectivity index (χ0n) is 8.09. The standard InChI is InChI=1S/C11H7BrN2O2/c12-8-3-1-2-7(4-8)10-9(11(15)16)5-13-6-14-10/h1-6H,(H,15,16). The highest BCUT2D eigenvalue weighted by Gasteiger charge is 2.12. The Hall–Kier alpha value is -1.75. The molecule has 2 aromatic rings. The third kappa shape index (κ3) is 2.09. The fraction of sp³-hybridized carbons (Fsp3) is 0. The van der Waals surface area contributed by atoms with E-state index in [0.717, 1.165) is 10.0 Å². The fourth-order valence-electron chi connectivity index (χ4n) is 1.35. The van der Waals surface area contributed by atoms with E-state index in [4.69, 9.17) is 5.11 Å². The summed E-state index contributed by atoms with van der Waals surface area (Å²) in [5.41, 5.74) is 1.26. The maximum absolute atomic E-state index is 11.0. The molecule has 0 aliphatic rings. The Kier molecular flexibility index (Phi) is 2.96. The number of carboxylic acid groups (broad SMARTS) is 1. The van der Waals surface area contributed by atoms with E-state index in [9.17, 15) is 4.79 Å². The number of carboxylic acids is 1. The molecule has 16 heavy (non-hydrogen) atoms. The first kappa shape index (κ1) is 10.8. The molecule has 2 rings (SSSR count). The largest absolute Gasteiger partial charge is 0.478 e. The molecule has 0 aliphatic carbocycles. The average molecular weight is 279 g/mol. The predicted octanol–water partition coefficient (Wildman–Crippen LogP) is 2.60. The third-order valence-corrected chi connectivity index (χ3v) is 2.53. The summed E-state index contributed by atoms with van der Waals surface area (Å²) in [6, 6.07) is 7.31. The number of aromatic nitrogens is 2. The Bertz CT molecular complexity index is 543. The molecular formula is C11H7BrN2O2. The molecule has 0 spiro atoms. The van der Waals surface area contributed by atoms with Gasteiger partial charge in [0.05, 0.1) is 5.69 Å². The zero-order valence-corrected chi connectivity index (χ0v) is 9.68. The van der Waals surface area contributed by atoms with Crippen molar-refractivity contribution in [2.24, 2.45) is 0 Å². The topological polar surface area (TPSA) is 63.1 Å². The minimum atomic E-state index is -1.03. The Morgan fingerprint density at radius 2 is 2.19 bits per heavy atom. The number of halogens is 1. The SMILES string of the molecule is O=C(O)c1cncnc1-c1cccc(Br)c1. The number of benzene rings is 1. The summed E-state index contributed by atoms with van der Waals surface area (Å²) < 4.78 is 0.875. The molecule has 1 heterocycles. The molecule has 1 aromatic heterocycles. The van der Waals surface area contributed by atoms with Crippen molar-refractivity contribution in [2.75, 3.05) is 0 Å². The lowest BCUT2D eigenvalue weighted by Gasteiger charge is -2.04. The van der Waals surface area contributed by atoms with Crippen LogP contribution in [-0.2, 0) is 0 Å². The molecule has 0 atom stereocenters. The van der Waals surface area contributed by atoms with Gasteiger partial charge in [-0.25, -0.2) is 14.8 Å². The van der Waals surface area contributed by atoms with Crippen LogP contribution in [0.3, 0.4) is 0 Å². The smallest absolute Gasteiger partial charge is 0.339 e. The van der Waals surface area contributed by atoms with E-state index in [2.05, 4.69) is 25.9 Å². The molecule has 0 bridgehead atoms. The van der Waals surface area contributed by atoms with Crippen LogP contribution in [0.25, 0.3) is 11.3 Å². The van der Waals surface area contributed by atoms with Crippen LogP contribution in [0.1, 0.15) is 10.4 Å². The van der Waals surface area contributed by atoms with E-state index in [1.54, 1.807) is 6.07 Å². The lowest BCUT2D eigenvalue weighted by atomic mass is 10.1. The van der Waals surface area contributed by atoms with Gasteiger partial charge in [0.2, 0.25) is 0 Å². The summed E-state index contributed by atoms with van der Waals surface area (Å²) in [5.74, 6) is -1.03. The Labute approximate surface area is 100 Å². The van der Waals surface area contributed by atoms with Gasteiger partial charge in [-0.2, -0.15) is 0 Å². The van der Waals surface area contributed by atoms with E-state index >= 15 is 0 Å². The van der Waals surface area contributed by atoms with E-state index in [0.29, 0.717) is 5.69 Å². The van der Waals surface area contributed by atoms with Crippen molar-refractivity contribution >= 4 is 21.9 Å². The molecule has 0 saturated heterocycles. The minimum absolute atomic E-state index is 0.0978. The van der Waals surface area contributed by atoms with Crippen LogP contribution in [0.4, 0.5) is 0 Å². The van der Waals surface area contributed by atoms with Crippen molar-refractivity contribution in [1.29, 1.82) is 0 Å². The van der Waals surface area contributed by atoms with Gasteiger partial charge in [0.1, 0.15) is 11.9 Å². The van der Waals surface area contributed by atoms with Crippen molar-refractivity contribution in [3.05, 3.63) is 46.8 Å². The number of hydrogen-bond acceptors (Lipinski definition) is 3. The Morgan fingerprint density at radius 3 is 2.88 bits per heavy atom. The fourth-order valence-corrected chi connectivity index (χ4v) is 1.75. The van der Waals surface area contributed by atoms with Crippen LogP contribution >= 0.6 is 15.9 Å². The highest BCUT2D eigenvalue weighted by Crippen LogP contribution is 2.23. The van der Waals surface area contributed by atoms with Crippen molar-refractivity contribution in [3.8, 4) is 11.3 Å². The predicted molar refractivity (Wildman–Crippen MR) is 62.1 cm³/mol. The number of hydrogen-bond donors (Lipinski definition) is 1. The first-order valence-electron chi connectivity index (χ1n) is 4.47. The highest BCUT2D eigenvalue weighted by molar-refractivity contribution is 9.10. The molecule has 0 unspecified atom stereocenters. The first-order valence-corrected chi connectivity index (χ1v) is 5.27. The normalized spacial score (nSPS) is 10.1. The summed E-state index contributed by atoms with van der Waals surface area (Å²) in [4.78, 5) is 18.7. The van der Waals surface area contributed by atoms with Gasteiger partial charge in [-0.1, -0.05) is 28.1 Å². The summed E-state index contributed by atoms with van der Waals surface area (Å²) in [7, 11) is 0. The average Bonchev–Trinajstić information content (AvgIpc) is 2.29. The second-order valence-electron chi connectivity index (χ2n) is 3.10. The molecule has 1 aromatic carbocycles. The summed E-state index contributed by atoms with van der Waals surface area (Å²) >= 11 is 3.33. The van der Waals surface area contributed by atoms with Gasteiger partial charge in [0.15, 0.2) is 0 Å². The van der Waals surface area contributed by atoms with E-state index in [1.165, 1.54) is 12.5 Å². The molecule has 0 fully saturated rings. The van der Waals surface area contributed by atoms with E-state index in [1.807, 2.05) is 18.2 Å². The summed E-state index contributed by atoms with van der Waals surface area (Å²) in [6.45, 7) is 0. The van der Waals surface area contributed by atoms with Gasteiger partial charge in [-0.15, -0.1) is 0 Å². The molecule has 80 valence electrons. The van der Waals surface area contributed by atoms with Crippen LogP contribution in [0.2, 0.25) is 0 Å². The molecule has 5 heteroatoms. The van der Waals surface area contributed by atoms with Crippen molar-refractivity contribution in [1.82, 2.24) is 9.97 Å². The molecule has 0 amide bonds. The van der Waals surface area contributed by atoms with Gasteiger partial charge in [-0.3, -0.25) is 0 Å². The maximum Gasteiger partial charge on any atom is 0.339 e. The summed E-state index contributed by atoms with van der Waals surface area (Å²) in [6.07, 6.45) is 2.63. The number of carbonyl (C=O) groups is 1. The van der Waals surface area contributed by atoms with Crippen LogP contribution in [0.5, 0.6) is 0 Å². The van der Waals surface area contributed by atoms with Crippen LogP contribution in [0, 0.1) is 0 Å². The van der Waals surface area contributed by atoms with Gasteiger partial charge in [0, 0.05) is 16.2 Å². The molecule has 4 nitrogen and oxygen atoms in total. The summed E-state index contributed by atoms with van der Waals surface area (Å²) in [5, 5.41) is 9.00. The molecule has 0 aliphatic heterocycles. The number of nitrogens with zero attached hydrogens (tertiary/aromatic N) is 2. The number of rotatable bonds is 2. The van der Waals surface area contributed by atoms with Gasteiger partial charge in [-0.05, 0) is 12.1 Å². The molecule has 0 radical (unpaired) electrons. The van der Waals surface area contributed by atoms with Crippen molar-refractivity contribution in [3.63, 3.8) is 0 Å². The monoisotopic (exact) mass is 278 g/mol. The lowest BCUT2D eigenvalue weighted by Crippen LogP contribution is -2.02. The molecule has 1 N–H and O–H groups in total. The van der Waals surface area contributed by atoms with Crippen LogP contribution in [-0.4, -0.2) is 21.0 Å². The Morgan fingerprint density at radius 1 is 1.38 bits per heavy atom. The zero-order chi connectivity index (χ0) is 11.5. The van der Waals surface area contributed by atoms with Gasteiger partial charge >= 0.3 is 5.97 Å². The number of aromatic carboxylic acids is 1. The molecular weight excluding hydrogens is 272 g/mol.